The summed E-state index contributed by atoms with van der Waals surface area (Å²) in [5.41, 5.74) is 2.73. The van der Waals surface area contributed by atoms with Crippen molar-refractivity contribution in [2.24, 2.45) is 0 Å². The first-order valence-electron chi connectivity index (χ1n) is 9.80. The lowest BCUT2D eigenvalue weighted by Crippen LogP contribution is -2.34. The molecule has 3 rings (SSSR count). The summed E-state index contributed by atoms with van der Waals surface area (Å²) in [6, 6.07) is 9.09. The number of carbonyl (C=O) groups is 2. The number of benzene rings is 2. The van der Waals surface area contributed by atoms with Crippen molar-refractivity contribution in [3.8, 4) is 0 Å². The van der Waals surface area contributed by atoms with Crippen LogP contribution in [0.5, 0.6) is 0 Å². The highest BCUT2D eigenvalue weighted by Crippen LogP contribution is 2.46. The lowest BCUT2D eigenvalue weighted by atomic mass is 9.63. The third-order valence-corrected chi connectivity index (χ3v) is 6.16. The number of hydrogen-bond donors (Lipinski definition) is 2. The van der Waals surface area contributed by atoms with Gasteiger partial charge in [0.15, 0.2) is 5.78 Å². The van der Waals surface area contributed by atoms with E-state index in [9.17, 15) is 19.1 Å². The molecule has 5 heteroatoms. The van der Waals surface area contributed by atoms with Gasteiger partial charge < -0.3 is 10.2 Å². The van der Waals surface area contributed by atoms with Crippen molar-refractivity contribution < 1.29 is 24.2 Å². The number of ketones is 1. The molecule has 29 heavy (non-hydrogen) atoms. The molecule has 0 saturated heterocycles. The predicted molar refractivity (Wildman–Crippen MR) is 109 cm³/mol. The van der Waals surface area contributed by atoms with E-state index in [1.165, 1.54) is 17.7 Å². The van der Waals surface area contributed by atoms with Crippen LogP contribution in [0.1, 0.15) is 79.3 Å². The standard InChI is InChI=1S/C24H27FO4/c1-23(2)9-10-24(3,4)18-11-15(7-8-17(18)23)21(27)20(26)13-14-5-6-16(22(28)29)12-19(14)25/h5-8,11-12,21,27H,9-10,13H2,1-4H3,(H,28,29)/t21-/m1/s1. The normalized spacial score (nSPS) is 18.0. The molecule has 2 N–H and O–H groups in total. The second kappa shape index (κ2) is 7.38. The molecule has 0 saturated carbocycles. The fraction of sp³-hybridized carbons (Fsp3) is 0.417. The topological polar surface area (TPSA) is 74.6 Å². The van der Waals surface area contributed by atoms with Crippen molar-refractivity contribution in [2.75, 3.05) is 0 Å². The molecule has 0 unspecified atom stereocenters. The largest absolute Gasteiger partial charge is 0.478 e. The first kappa shape index (κ1) is 21.2. The Morgan fingerprint density at radius 3 is 2.21 bits per heavy atom. The minimum Gasteiger partial charge on any atom is -0.478 e. The Kier molecular flexibility index (Phi) is 5.39. The van der Waals surface area contributed by atoms with Crippen LogP contribution in [-0.4, -0.2) is 22.0 Å². The van der Waals surface area contributed by atoms with Crippen molar-refractivity contribution in [3.05, 3.63) is 70.0 Å². The Morgan fingerprint density at radius 1 is 1.00 bits per heavy atom. The van der Waals surface area contributed by atoms with Crippen molar-refractivity contribution >= 4 is 11.8 Å². The van der Waals surface area contributed by atoms with Gasteiger partial charge in [0, 0.05) is 6.42 Å². The monoisotopic (exact) mass is 398 g/mol. The number of fused-ring (bicyclic) bond motifs is 1. The molecule has 0 spiro atoms. The smallest absolute Gasteiger partial charge is 0.335 e. The van der Waals surface area contributed by atoms with Crippen molar-refractivity contribution in [2.45, 2.75) is 63.9 Å². The first-order valence-corrected chi connectivity index (χ1v) is 9.80. The second-order valence-corrected chi connectivity index (χ2v) is 9.23. The van der Waals surface area contributed by atoms with E-state index < -0.39 is 23.7 Å². The molecular weight excluding hydrogens is 371 g/mol. The van der Waals surface area contributed by atoms with E-state index in [0.717, 1.165) is 24.5 Å². The molecule has 0 fully saturated rings. The molecule has 1 atom stereocenters. The Hall–Kier alpha value is -2.53. The Labute approximate surface area is 170 Å². The van der Waals surface area contributed by atoms with Crippen LogP contribution in [0.15, 0.2) is 36.4 Å². The zero-order valence-corrected chi connectivity index (χ0v) is 17.3. The van der Waals surface area contributed by atoms with Gasteiger partial charge in [-0.1, -0.05) is 52.0 Å². The third kappa shape index (κ3) is 4.10. The summed E-state index contributed by atoms with van der Waals surface area (Å²) >= 11 is 0. The predicted octanol–water partition coefficient (Wildman–Crippen LogP) is 4.72. The summed E-state index contributed by atoms with van der Waals surface area (Å²) in [4.78, 5) is 23.5. The molecule has 0 aromatic heterocycles. The van der Waals surface area contributed by atoms with Gasteiger partial charge >= 0.3 is 5.97 Å². The van der Waals surface area contributed by atoms with Crippen molar-refractivity contribution in [3.63, 3.8) is 0 Å². The summed E-state index contributed by atoms with van der Waals surface area (Å²) < 4.78 is 14.2. The van der Waals surface area contributed by atoms with Gasteiger partial charge in [0.25, 0.3) is 0 Å². The number of aliphatic hydroxyl groups is 1. The molecule has 0 amide bonds. The highest BCUT2D eigenvalue weighted by Gasteiger charge is 2.37. The fourth-order valence-electron chi connectivity index (χ4n) is 4.07. The van der Waals surface area contributed by atoms with Crippen LogP contribution in [0.3, 0.4) is 0 Å². The van der Waals surface area contributed by atoms with Gasteiger partial charge in [0.2, 0.25) is 0 Å². The molecule has 0 heterocycles. The van der Waals surface area contributed by atoms with Crippen LogP contribution in [0.25, 0.3) is 0 Å². The quantitative estimate of drug-likeness (QED) is 0.764. The zero-order chi connectivity index (χ0) is 21.6. The van der Waals surface area contributed by atoms with E-state index in [4.69, 9.17) is 5.11 Å². The number of aromatic carboxylic acids is 1. The maximum absolute atomic E-state index is 14.2. The number of hydrogen-bond acceptors (Lipinski definition) is 3. The minimum atomic E-state index is -1.36. The Balaban J connectivity index is 1.86. The van der Waals surface area contributed by atoms with Gasteiger partial charge in [-0.2, -0.15) is 0 Å². The van der Waals surface area contributed by atoms with E-state index in [0.29, 0.717) is 5.56 Å². The average Bonchev–Trinajstić information content (AvgIpc) is 2.66. The van der Waals surface area contributed by atoms with Gasteiger partial charge in [0.05, 0.1) is 5.56 Å². The van der Waals surface area contributed by atoms with E-state index >= 15 is 0 Å². The highest BCUT2D eigenvalue weighted by molar-refractivity contribution is 5.89. The molecule has 0 bridgehead atoms. The van der Waals surface area contributed by atoms with Crippen LogP contribution in [-0.2, 0) is 22.0 Å². The van der Waals surface area contributed by atoms with Gasteiger partial charge in [-0.25, -0.2) is 9.18 Å². The molecule has 0 radical (unpaired) electrons. The molecule has 154 valence electrons. The van der Waals surface area contributed by atoms with Crippen LogP contribution in [0.2, 0.25) is 0 Å². The molecule has 0 aliphatic heterocycles. The molecule has 2 aromatic carbocycles. The van der Waals surface area contributed by atoms with Crippen LogP contribution in [0.4, 0.5) is 4.39 Å². The number of Topliss-reactive ketones (excluding diaryl/α,β-unsaturated/α-hetero) is 1. The Morgan fingerprint density at radius 2 is 1.62 bits per heavy atom. The van der Waals surface area contributed by atoms with Gasteiger partial charge in [-0.15, -0.1) is 0 Å². The Bertz CT molecular complexity index is 975. The minimum absolute atomic E-state index is 0.0351. The lowest BCUT2D eigenvalue weighted by molar-refractivity contribution is -0.126. The fourth-order valence-corrected chi connectivity index (χ4v) is 4.07. The molecule has 1 aliphatic rings. The van der Waals surface area contributed by atoms with Crippen molar-refractivity contribution in [1.82, 2.24) is 0 Å². The summed E-state index contributed by atoms with van der Waals surface area (Å²) in [7, 11) is 0. The summed E-state index contributed by atoms with van der Waals surface area (Å²) in [5.74, 6) is -2.53. The summed E-state index contributed by atoms with van der Waals surface area (Å²) in [6.45, 7) is 8.73. The maximum Gasteiger partial charge on any atom is 0.335 e. The number of aliphatic hydroxyl groups excluding tert-OH is 1. The second-order valence-electron chi connectivity index (χ2n) is 9.23. The summed E-state index contributed by atoms with van der Waals surface area (Å²) in [5, 5.41) is 19.5. The first-order chi connectivity index (χ1) is 13.4. The van der Waals surface area contributed by atoms with E-state index in [1.807, 2.05) is 12.1 Å². The van der Waals surface area contributed by atoms with Gasteiger partial charge in [-0.05, 0) is 58.1 Å². The maximum atomic E-state index is 14.2. The van der Waals surface area contributed by atoms with Gasteiger partial charge in [0.1, 0.15) is 11.9 Å². The zero-order valence-electron chi connectivity index (χ0n) is 17.3. The van der Waals surface area contributed by atoms with E-state index in [-0.39, 0.29) is 28.4 Å². The molecule has 1 aliphatic carbocycles. The number of rotatable bonds is 5. The number of carbonyl (C=O) groups excluding carboxylic acids is 1. The lowest BCUT2D eigenvalue weighted by Gasteiger charge is -2.42. The van der Waals surface area contributed by atoms with Crippen LogP contribution in [0, 0.1) is 5.82 Å². The number of carboxylic acids is 1. The van der Waals surface area contributed by atoms with Crippen molar-refractivity contribution in [1.29, 1.82) is 0 Å². The average molecular weight is 398 g/mol. The van der Waals surface area contributed by atoms with E-state index in [1.54, 1.807) is 6.07 Å². The number of carboxylic acid groups (broad SMARTS) is 1. The number of halogens is 1. The molecular formula is C24H27FO4. The van der Waals surface area contributed by atoms with Crippen LogP contribution >= 0.6 is 0 Å². The highest BCUT2D eigenvalue weighted by atomic mass is 19.1. The molecule has 2 aromatic rings. The molecule has 4 nitrogen and oxygen atoms in total. The SMILES string of the molecule is CC1(C)CCC(C)(C)c2cc([C@@H](O)C(=O)Cc3ccc(C(=O)O)cc3F)ccc21. The summed E-state index contributed by atoms with van der Waals surface area (Å²) in [6.07, 6.45) is 0.416. The van der Waals surface area contributed by atoms with E-state index in [2.05, 4.69) is 27.7 Å². The third-order valence-electron chi connectivity index (χ3n) is 6.16. The van der Waals surface area contributed by atoms with Gasteiger partial charge in [-0.3, -0.25) is 4.79 Å². The van der Waals surface area contributed by atoms with Crippen LogP contribution < -0.4 is 0 Å².